The molecular formula is C27H27F3N6O5. The van der Waals surface area contributed by atoms with Crippen LogP contribution in [0.3, 0.4) is 0 Å². The molecule has 14 heteroatoms. The second-order valence-electron chi connectivity index (χ2n) is 11.2. The molecule has 1 amide bonds. The van der Waals surface area contributed by atoms with Crippen molar-refractivity contribution >= 4 is 34.1 Å². The Bertz CT molecular complexity index is 1670. The highest BCUT2D eigenvalue weighted by molar-refractivity contribution is 6.09. The molecule has 11 nitrogen and oxygen atoms in total. The highest BCUT2D eigenvalue weighted by atomic mass is 19.4. The summed E-state index contributed by atoms with van der Waals surface area (Å²) >= 11 is 0. The Morgan fingerprint density at radius 3 is 2.54 bits per heavy atom. The molecule has 2 saturated carbocycles. The highest BCUT2D eigenvalue weighted by Crippen LogP contribution is 2.55. The molecule has 0 spiro atoms. The van der Waals surface area contributed by atoms with Gasteiger partial charge in [0.05, 0.1) is 41.1 Å². The number of nitrogens with zero attached hydrogens (tertiary/aromatic N) is 5. The number of amides is 1. The van der Waals surface area contributed by atoms with Crippen LogP contribution in [0, 0.1) is 6.92 Å². The lowest BCUT2D eigenvalue weighted by Gasteiger charge is -2.42. The Balaban J connectivity index is 0.000000387. The van der Waals surface area contributed by atoms with E-state index in [1.54, 1.807) is 16.9 Å². The summed E-state index contributed by atoms with van der Waals surface area (Å²) in [6.45, 7) is 4.79. The Hall–Kier alpha value is -4.20. The number of hydrogen-bond acceptors (Lipinski definition) is 7. The quantitative estimate of drug-likeness (QED) is 0.358. The summed E-state index contributed by atoms with van der Waals surface area (Å²) in [5.74, 6) is -2.44. The van der Waals surface area contributed by atoms with Crippen molar-refractivity contribution in [2.75, 3.05) is 11.9 Å². The number of aliphatic carboxylic acids is 1. The molecule has 4 aliphatic rings. The molecule has 41 heavy (non-hydrogen) atoms. The molecule has 0 unspecified atom stereocenters. The zero-order chi connectivity index (χ0) is 29.2. The second kappa shape index (κ2) is 9.43. The number of hydrogen-bond donors (Lipinski definition) is 2. The third-order valence-electron chi connectivity index (χ3n) is 7.75. The maximum atomic E-state index is 13.4. The lowest BCUT2D eigenvalue weighted by molar-refractivity contribution is -0.192. The fourth-order valence-electron chi connectivity index (χ4n) is 5.57. The van der Waals surface area contributed by atoms with Gasteiger partial charge in [-0.15, -0.1) is 0 Å². The number of ether oxygens (including phenoxy) is 2. The molecule has 2 saturated heterocycles. The molecular weight excluding hydrogens is 545 g/mol. The lowest BCUT2D eigenvalue weighted by atomic mass is 9.69. The maximum Gasteiger partial charge on any atom is 0.490 e. The van der Waals surface area contributed by atoms with Crippen LogP contribution in [0.25, 0.3) is 16.6 Å². The fraction of sp³-hybridized carbons (Fsp3) is 0.444. The number of anilines is 1. The van der Waals surface area contributed by atoms with Crippen LogP contribution in [0.1, 0.15) is 54.9 Å². The number of carboxylic acids is 1. The summed E-state index contributed by atoms with van der Waals surface area (Å²) in [6, 6.07) is 3.79. The average Bonchev–Trinajstić information content (AvgIpc) is 3.61. The number of aryl methyl sites for hydroxylation is 1. The third-order valence-corrected chi connectivity index (χ3v) is 7.75. The summed E-state index contributed by atoms with van der Waals surface area (Å²) in [5, 5.41) is 20.2. The first kappa shape index (κ1) is 27.0. The van der Waals surface area contributed by atoms with Gasteiger partial charge in [-0.05, 0) is 44.7 Å². The monoisotopic (exact) mass is 572 g/mol. The van der Waals surface area contributed by atoms with E-state index in [0.717, 1.165) is 48.6 Å². The molecule has 216 valence electrons. The standard InChI is InChI=1S/C25H26N6O3.C2HF3O2/c1-15-8-26-22-20(9-27-30(22)10-15)28-23(32)18-6-16-11-31(25-12-24(2,13-25)33-14-25)29-19(16)7-21(18)34-17-4-3-5-17;3-2(4,5)1(6)7/h6-11,17H,3-5,12-14H2,1-2H3,(H,28,32);(H,6,7). The van der Waals surface area contributed by atoms with Gasteiger partial charge in [-0.3, -0.25) is 9.48 Å². The average molecular weight is 573 g/mol. The van der Waals surface area contributed by atoms with Gasteiger partial charge in [0.25, 0.3) is 5.91 Å². The molecule has 2 bridgehead atoms. The van der Waals surface area contributed by atoms with Gasteiger partial charge < -0.3 is 19.9 Å². The highest BCUT2D eigenvalue weighted by Gasteiger charge is 2.61. The molecule has 1 aromatic carbocycles. The Morgan fingerprint density at radius 2 is 1.93 bits per heavy atom. The molecule has 3 aromatic heterocycles. The molecule has 4 fully saturated rings. The molecule has 2 aliphatic heterocycles. The SMILES string of the molecule is Cc1cnc2c(NC(=O)c3cc4cn(C56COC(C)(C5)C6)nc4cc3OC3CCC3)cnn2c1.O=C(O)C(F)(F)F. The van der Waals surface area contributed by atoms with Gasteiger partial charge in [0.2, 0.25) is 0 Å². The van der Waals surface area contributed by atoms with Crippen LogP contribution in [0.5, 0.6) is 5.75 Å². The molecule has 2 N–H and O–H groups in total. The number of aromatic nitrogens is 5. The predicted molar refractivity (Wildman–Crippen MR) is 139 cm³/mol. The van der Waals surface area contributed by atoms with Gasteiger partial charge in [0.1, 0.15) is 11.4 Å². The normalized spacial score (nSPS) is 23.4. The summed E-state index contributed by atoms with van der Waals surface area (Å²) < 4.78 is 47.7. The topological polar surface area (TPSA) is 133 Å². The summed E-state index contributed by atoms with van der Waals surface area (Å²) in [7, 11) is 0. The molecule has 8 rings (SSSR count). The Morgan fingerprint density at radius 1 is 1.20 bits per heavy atom. The van der Waals surface area contributed by atoms with Gasteiger partial charge in [-0.25, -0.2) is 14.3 Å². The molecule has 0 atom stereocenters. The van der Waals surface area contributed by atoms with Crippen LogP contribution >= 0.6 is 0 Å². The molecule has 0 radical (unpaired) electrons. The number of rotatable bonds is 5. The van der Waals surface area contributed by atoms with Crippen molar-refractivity contribution in [3.63, 3.8) is 0 Å². The minimum absolute atomic E-state index is 0.0252. The number of fused-ring (bicyclic) bond motifs is 3. The number of benzene rings is 1. The van der Waals surface area contributed by atoms with E-state index in [4.69, 9.17) is 24.5 Å². The van der Waals surface area contributed by atoms with Crippen LogP contribution in [0.15, 0.2) is 36.9 Å². The van der Waals surface area contributed by atoms with Crippen LogP contribution in [-0.4, -0.2) is 65.8 Å². The van der Waals surface area contributed by atoms with Crippen LogP contribution in [0.4, 0.5) is 18.9 Å². The van der Waals surface area contributed by atoms with E-state index in [9.17, 15) is 18.0 Å². The number of nitrogens with one attached hydrogen (secondary N) is 1. The van der Waals surface area contributed by atoms with Gasteiger partial charge in [-0.2, -0.15) is 23.4 Å². The molecule has 2 aliphatic carbocycles. The Kier molecular flexibility index (Phi) is 6.21. The van der Waals surface area contributed by atoms with Crippen molar-refractivity contribution in [1.29, 1.82) is 0 Å². The van der Waals surface area contributed by atoms with E-state index in [1.807, 2.05) is 36.1 Å². The van der Waals surface area contributed by atoms with E-state index in [0.29, 0.717) is 29.3 Å². The van der Waals surface area contributed by atoms with E-state index in [-0.39, 0.29) is 23.2 Å². The fourth-order valence-corrected chi connectivity index (χ4v) is 5.57. The second-order valence-corrected chi connectivity index (χ2v) is 11.2. The summed E-state index contributed by atoms with van der Waals surface area (Å²) in [5.41, 5.74) is 3.37. The van der Waals surface area contributed by atoms with Gasteiger partial charge >= 0.3 is 12.1 Å². The first-order valence-electron chi connectivity index (χ1n) is 13.1. The first-order valence-corrected chi connectivity index (χ1v) is 13.1. The summed E-state index contributed by atoms with van der Waals surface area (Å²) in [4.78, 5) is 26.8. The number of alkyl halides is 3. The van der Waals surface area contributed by atoms with Crippen molar-refractivity contribution in [2.45, 2.75) is 69.4 Å². The minimum atomic E-state index is -5.08. The smallest absolute Gasteiger partial charge is 0.490 e. The number of carbonyl (C=O) groups is 2. The number of halogens is 3. The first-order chi connectivity index (χ1) is 19.3. The van der Waals surface area contributed by atoms with Crippen molar-refractivity contribution in [3.8, 4) is 5.75 Å². The summed E-state index contributed by atoms with van der Waals surface area (Å²) in [6.07, 6.45) is 7.44. The maximum absolute atomic E-state index is 13.4. The van der Waals surface area contributed by atoms with Crippen molar-refractivity contribution in [2.24, 2.45) is 0 Å². The van der Waals surface area contributed by atoms with Crippen molar-refractivity contribution < 1.29 is 37.3 Å². The van der Waals surface area contributed by atoms with Crippen LogP contribution in [-0.2, 0) is 15.1 Å². The van der Waals surface area contributed by atoms with E-state index < -0.39 is 12.1 Å². The van der Waals surface area contributed by atoms with E-state index in [1.165, 1.54) is 0 Å². The van der Waals surface area contributed by atoms with Gasteiger partial charge in [0, 0.05) is 42.9 Å². The number of carboxylic acid groups (broad SMARTS) is 1. The van der Waals surface area contributed by atoms with E-state index in [2.05, 4.69) is 22.3 Å². The predicted octanol–water partition coefficient (Wildman–Crippen LogP) is 4.48. The van der Waals surface area contributed by atoms with Crippen molar-refractivity contribution in [1.82, 2.24) is 24.4 Å². The zero-order valence-corrected chi connectivity index (χ0v) is 22.2. The van der Waals surface area contributed by atoms with Crippen LogP contribution in [0.2, 0.25) is 0 Å². The largest absolute Gasteiger partial charge is 0.490 e. The van der Waals surface area contributed by atoms with Crippen LogP contribution < -0.4 is 10.1 Å². The molecule has 4 aromatic rings. The molecule has 5 heterocycles. The number of carbonyl (C=O) groups excluding carboxylic acids is 1. The Labute approximate surface area is 231 Å². The van der Waals surface area contributed by atoms with E-state index >= 15 is 0 Å². The van der Waals surface area contributed by atoms with Gasteiger partial charge in [0.15, 0.2) is 5.65 Å². The van der Waals surface area contributed by atoms with Gasteiger partial charge in [-0.1, -0.05) is 0 Å². The van der Waals surface area contributed by atoms with Crippen molar-refractivity contribution in [3.05, 3.63) is 48.0 Å². The third kappa shape index (κ3) is 4.96. The minimum Gasteiger partial charge on any atom is -0.490 e. The lowest BCUT2D eigenvalue weighted by Crippen LogP contribution is -2.49. The zero-order valence-electron chi connectivity index (χ0n) is 22.2.